The van der Waals surface area contributed by atoms with Crippen molar-refractivity contribution in [2.45, 2.75) is 38.4 Å². The van der Waals surface area contributed by atoms with Gasteiger partial charge in [-0.1, -0.05) is 6.92 Å². The maximum Gasteiger partial charge on any atom is 0.255 e. The van der Waals surface area contributed by atoms with Crippen molar-refractivity contribution in [1.29, 1.82) is 0 Å². The number of carbonyl (C=O) groups excluding carboxylic acids is 1. The predicted octanol–water partition coefficient (Wildman–Crippen LogP) is 2.88. The number of nitrogens with zero attached hydrogens (tertiary/aromatic N) is 1. The van der Waals surface area contributed by atoms with Gasteiger partial charge >= 0.3 is 0 Å². The summed E-state index contributed by atoms with van der Waals surface area (Å²) >= 11 is 3.18. The van der Waals surface area contributed by atoms with Crippen molar-refractivity contribution in [2.75, 3.05) is 11.9 Å². The van der Waals surface area contributed by atoms with Crippen LogP contribution in [0, 0.1) is 0 Å². The minimum Gasteiger partial charge on any atom is -0.364 e. The molecule has 22 heavy (non-hydrogen) atoms. The molecular formula is C15H19N3O2S2. The summed E-state index contributed by atoms with van der Waals surface area (Å²) in [5, 5.41) is 5.43. The van der Waals surface area contributed by atoms with Crippen molar-refractivity contribution in [3.63, 3.8) is 0 Å². The summed E-state index contributed by atoms with van der Waals surface area (Å²) in [6.45, 7) is 2.60. The fraction of sp³-hybridized carbons (Fsp3) is 0.467. The number of nitrogens with two attached hydrogens (primary N) is 1. The van der Waals surface area contributed by atoms with Crippen LogP contribution in [0.3, 0.4) is 0 Å². The van der Waals surface area contributed by atoms with E-state index in [2.05, 4.69) is 29.4 Å². The van der Waals surface area contributed by atoms with Gasteiger partial charge in [0.25, 0.3) is 5.91 Å². The molecule has 118 valence electrons. The fourth-order valence-electron chi connectivity index (χ4n) is 2.41. The van der Waals surface area contributed by atoms with E-state index in [1.807, 2.05) is 5.38 Å². The van der Waals surface area contributed by atoms with Crippen LogP contribution in [0.5, 0.6) is 0 Å². The molecule has 0 bridgehead atoms. The van der Waals surface area contributed by atoms with E-state index in [4.69, 9.17) is 10.5 Å². The number of carbonyl (C=O) groups is 1. The van der Waals surface area contributed by atoms with Crippen molar-refractivity contribution in [3.05, 3.63) is 22.4 Å². The second-order valence-corrected chi connectivity index (χ2v) is 7.23. The van der Waals surface area contributed by atoms with Gasteiger partial charge in [-0.3, -0.25) is 10.1 Å². The monoisotopic (exact) mass is 337 g/mol. The van der Waals surface area contributed by atoms with Gasteiger partial charge < -0.3 is 10.5 Å². The summed E-state index contributed by atoms with van der Waals surface area (Å²) in [5.41, 5.74) is 6.48. The van der Waals surface area contributed by atoms with Gasteiger partial charge in [0.2, 0.25) is 0 Å². The molecular weight excluding hydrogens is 318 g/mol. The van der Waals surface area contributed by atoms with E-state index in [1.54, 1.807) is 11.3 Å². The molecule has 0 saturated carbocycles. The highest BCUT2D eigenvalue weighted by Crippen LogP contribution is 2.31. The van der Waals surface area contributed by atoms with E-state index >= 15 is 0 Å². The third kappa shape index (κ3) is 3.38. The maximum atomic E-state index is 12.2. The van der Waals surface area contributed by atoms with Crippen LogP contribution in [-0.4, -0.2) is 29.6 Å². The van der Waals surface area contributed by atoms with Crippen molar-refractivity contribution >= 4 is 33.7 Å². The van der Waals surface area contributed by atoms with Crippen LogP contribution in [0.4, 0.5) is 5.13 Å². The lowest BCUT2D eigenvalue weighted by atomic mass is 10.2. The Balaban J connectivity index is 1.63. The van der Waals surface area contributed by atoms with Crippen LogP contribution in [-0.2, 0) is 16.0 Å². The van der Waals surface area contributed by atoms with E-state index in [9.17, 15) is 4.79 Å². The first-order valence-electron chi connectivity index (χ1n) is 7.40. The van der Waals surface area contributed by atoms with Gasteiger partial charge in [0.1, 0.15) is 6.10 Å². The zero-order chi connectivity index (χ0) is 15.5. The quantitative estimate of drug-likeness (QED) is 0.879. The number of aromatic nitrogens is 1. The third-order valence-corrected chi connectivity index (χ3v) is 5.67. The largest absolute Gasteiger partial charge is 0.364 e. The zero-order valence-electron chi connectivity index (χ0n) is 12.4. The molecule has 2 aromatic rings. The molecule has 0 aliphatic carbocycles. The van der Waals surface area contributed by atoms with Crippen molar-refractivity contribution in [3.8, 4) is 10.6 Å². The molecule has 2 atom stereocenters. The molecule has 3 rings (SSSR count). The molecule has 1 amide bonds. The molecule has 3 heterocycles. The van der Waals surface area contributed by atoms with Gasteiger partial charge in [-0.05, 0) is 31.4 Å². The number of amides is 1. The number of anilines is 1. The molecule has 1 aliphatic rings. The molecule has 1 fully saturated rings. The molecule has 0 aromatic carbocycles. The molecule has 7 heteroatoms. The van der Waals surface area contributed by atoms with Gasteiger partial charge in [-0.15, -0.1) is 22.7 Å². The number of aryl methyl sites for hydroxylation is 1. The average molecular weight is 337 g/mol. The molecule has 3 N–H and O–H groups in total. The van der Waals surface area contributed by atoms with Crippen molar-refractivity contribution in [1.82, 2.24) is 4.98 Å². The SMILES string of the molecule is CCc1ccc(-c2csc(NC(=O)[C@@H]3CC[C@H](CN)O3)n2)s1. The van der Waals surface area contributed by atoms with Gasteiger partial charge in [0.15, 0.2) is 5.13 Å². The Labute approximate surface area is 137 Å². The second kappa shape index (κ2) is 6.87. The van der Waals surface area contributed by atoms with Crippen molar-refractivity contribution < 1.29 is 9.53 Å². The number of ether oxygens (including phenoxy) is 1. The zero-order valence-corrected chi connectivity index (χ0v) is 14.0. The normalized spacial score (nSPS) is 21.2. The fourth-order valence-corrected chi connectivity index (χ4v) is 4.10. The third-order valence-electron chi connectivity index (χ3n) is 3.66. The van der Waals surface area contributed by atoms with E-state index in [1.165, 1.54) is 16.2 Å². The van der Waals surface area contributed by atoms with Crippen LogP contribution < -0.4 is 11.1 Å². The van der Waals surface area contributed by atoms with Gasteiger partial charge in [0, 0.05) is 16.8 Å². The smallest absolute Gasteiger partial charge is 0.255 e. The average Bonchev–Trinajstić information content (AvgIpc) is 3.26. The summed E-state index contributed by atoms with van der Waals surface area (Å²) in [6.07, 6.45) is 2.18. The summed E-state index contributed by atoms with van der Waals surface area (Å²) in [4.78, 5) is 19.1. The van der Waals surface area contributed by atoms with Gasteiger partial charge in [0.05, 0.1) is 16.7 Å². The number of rotatable bonds is 5. The van der Waals surface area contributed by atoms with Crippen LogP contribution in [0.1, 0.15) is 24.6 Å². The summed E-state index contributed by atoms with van der Waals surface area (Å²) in [7, 11) is 0. The van der Waals surface area contributed by atoms with E-state index < -0.39 is 6.10 Å². The molecule has 2 aromatic heterocycles. The Morgan fingerprint density at radius 3 is 3.05 bits per heavy atom. The Kier molecular flexibility index (Phi) is 4.87. The van der Waals surface area contributed by atoms with Crippen LogP contribution >= 0.6 is 22.7 Å². The number of hydrogen-bond donors (Lipinski definition) is 2. The molecule has 1 aliphatic heterocycles. The minimum atomic E-state index is -0.408. The number of hydrogen-bond acceptors (Lipinski definition) is 6. The van der Waals surface area contributed by atoms with Crippen molar-refractivity contribution in [2.24, 2.45) is 5.73 Å². The lowest BCUT2D eigenvalue weighted by Crippen LogP contribution is -2.29. The molecule has 5 nitrogen and oxygen atoms in total. The summed E-state index contributed by atoms with van der Waals surface area (Å²) in [5.74, 6) is -0.128. The summed E-state index contributed by atoms with van der Waals surface area (Å²) < 4.78 is 5.60. The standard InChI is InChI=1S/C15H19N3O2S2/c1-2-10-4-6-13(22-10)11-8-21-15(17-11)18-14(19)12-5-3-9(7-16)20-12/h4,6,8-9,12H,2-3,5,7,16H2,1H3,(H,17,18,19)/t9-,12+/m1/s1. The number of nitrogens with one attached hydrogen (secondary N) is 1. The number of thiazole rings is 1. The highest BCUT2D eigenvalue weighted by atomic mass is 32.1. The lowest BCUT2D eigenvalue weighted by Gasteiger charge is -2.11. The van der Waals surface area contributed by atoms with Crippen LogP contribution in [0.2, 0.25) is 0 Å². The topological polar surface area (TPSA) is 77.2 Å². The lowest BCUT2D eigenvalue weighted by molar-refractivity contribution is -0.126. The highest BCUT2D eigenvalue weighted by molar-refractivity contribution is 7.17. The van der Waals surface area contributed by atoms with Gasteiger partial charge in [-0.2, -0.15) is 0 Å². The second-order valence-electron chi connectivity index (χ2n) is 5.21. The Morgan fingerprint density at radius 2 is 2.36 bits per heavy atom. The molecule has 0 unspecified atom stereocenters. The summed E-state index contributed by atoms with van der Waals surface area (Å²) in [6, 6.07) is 4.20. The van der Waals surface area contributed by atoms with Crippen LogP contribution in [0.25, 0.3) is 10.6 Å². The molecule has 0 spiro atoms. The minimum absolute atomic E-state index is 0.00110. The Hall–Kier alpha value is -1.28. The predicted molar refractivity (Wildman–Crippen MR) is 90.4 cm³/mol. The van der Waals surface area contributed by atoms with E-state index in [0.717, 1.165) is 29.8 Å². The first-order chi connectivity index (χ1) is 10.7. The molecule has 1 saturated heterocycles. The first-order valence-corrected chi connectivity index (χ1v) is 9.10. The maximum absolute atomic E-state index is 12.2. The van der Waals surface area contributed by atoms with E-state index in [-0.39, 0.29) is 12.0 Å². The first kappa shape index (κ1) is 15.6. The Morgan fingerprint density at radius 1 is 1.50 bits per heavy atom. The van der Waals surface area contributed by atoms with Crippen LogP contribution in [0.15, 0.2) is 17.5 Å². The van der Waals surface area contributed by atoms with Gasteiger partial charge in [-0.25, -0.2) is 4.98 Å². The van der Waals surface area contributed by atoms with E-state index in [0.29, 0.717) is 11.7 Å². The number of thiophene rings is 1. The Bertz CT molecular complexity index is 653. The molecule has 0 radical (unpaired) electrons. The highest BCUT2D eigenvalue weighted by Gasteiger charge is 2.30.